The van der Waals surface area contributed by atoms with E-state index in [4.69, 9.17) is 0 Å². The Hall–Kier alpha value is -1.84. The third-order valence-corrected chi connectivity index (χ3v) is 3.92. The van der Waals surface area contributed by atoms with E-state index in [0.717, 1.165) is 6.42 Å². The highest BCUT2D eigenvalue weighted by Gasteiger charge is 2.41. The van der Waals surface area contributed by atoms with Gasteiger partial charge in [-0.05, 0) is 24.3 Å². The molecule has 0 saturated carbocycles. The van der Waals surface area contributed by atoms with Gasteiger partial charge in [0.2, 0.25) is 11.8 Å². The number of nitrogens with zero attached hydrogens (tertiary/aromatic N) is 1. The van der Waals surface area contributed by atoms with E-state index in [1.807, 2.05) is 58.0 Å². The second kappa shape index (κ2) is 5.88. The van der Waals surface area contributed by atoms with Crippen LogP contribution in [0.1, 0.15) is 33.3 Å². The van der Waals surface area contributed by atoms with Crippen molar-refractivity contribution in [2.45, 2.75) is 46.2 Å². The number of piperazine rings is 1. The summed E-state index contributed by atoms with van der Waals surface area (Å²) < 4.78 is 0. The van der Waals surface area contributed by atoms with Crippen molar-refractivity contribution in [2.75, 3.05) is 6.54 Å². The Morgan fingerprint density at radius 1 is 1.24 bits per heavy atom. The average molecular weight is 288 g/mol. The van der Waals surface area contributed by atoms with Crippen molar-refractivity contribution in [3.63, 3.8) is 0 Å². The minimum absolute atomic E-state index is 0.01000. The third-order valence-electron chi connectivity index (χ3n) is 3.92. The number of benzene rings is 1. The molecule has 1 N–H and O–H groups in total. The van der Waals surface area contributed by atoms with Crippen molar-refractivity contribution in [1.29, 1.82) is 0 Å². The fourth-order valence-electron chi connectivity index (χ4n) is 2.69. The maximum absolute atomic E-state index is 12.7. The van der Waals surface area contributed by atoms with Crippen LogP contribution < -0.4 is 5.32 Å². The third kappa shape index (κ3) is 3.63. The van der Waals surface area contributed by atoms with Crippen LogP contribution in [0, 0.1) is 5.41 Å². The minimum atomic E-state index is -0.447. The molecule has 2 unspecified atom stereocenters. The fraction of sp³-hybridized carbons (Fsp3) is 0.529. The molecule has 1 fully saturated rings. The van der Waals surface area contributed by atoms with Crippen molar-refractivity contribution in [3.05, 3.63) is 35.9 Å². The SMILES string of the molecule is CC(Cc1ccccc1)N1CC(=O)NC(C(C)(C)C)C1=O. The number of hydrogen-bond acceptors (Lipinski definition) is 2. The Bertz CT molecular complexity index is 519. The molecule has 21 heavy (non-hydrogen) atoms. The highest BCUT2D eigenvalue weighted by molar-refractivity contribution is 5.95. The van der Waals surface area contributed by atoms with Gasteiger partial charge >= 0.3 is 0 Å². The molecule has 1 saturated heterocycles. The second-order valence-electron chi connectivity index (χ2n) is 6.87. The molecule has 4 heteroatoms. The lowest BCUT2D eigenvalue weighted by Crippen LogP contribution is -2.64. The summed E-state index contributed by atoms with van der Waals surface area (Å²) in [5, 5.41) is 2.82. The Balaban J connectivity index is 2.14. The lowest BCUT2D eigenvalue weighted by atomic mass is 9.84. The molecular formula is C17H24N2O2. The molecule has 1 aliphatic rings. The molecule has 1 aliphatic heterocycles. The highest BCUT2D eigenvalue weighted by Crippen LogP contribution is 2.24. The maximum Gasteiger partial charge on any atom is 0.246 e. The highest BCUT2D eigenvalue weighted by atomic mass is 16.2. The Kier molecular flexibility index (Phi) is 4.35. The number of amides is 2. The predicted octanol–water partition coefficient (Wildman–Crippen LogP) is 1.99. The van der Waals surface area contributed by atoms with Crippen molar-refractivity contribution >= 4 is 11.8 Å². The maximum atomic E-state index is 12.7. The fourth-order valence-corrected chi connectivity index (χ4v) is 2.69. The lowest BCUT2D eigenvalue weighted by Gasteiger charge is -2.41. The van der Waals surface area contributed by atoms with Crippen LogP contribution in [0.4, 0.5) is 0 Å². The first-order valence-corrected chi connectivity index (χ1v) is 7.43. The molecule has 0 bridgehead atoms. The number of nitrogens with one attached hydrogen (secondary N) is 1. The largest absolute Gasteiger partial charge is 0.342 e. The molecule has 0 aromatic heterocycles. The van der Waals surface area contributed by atoms with Crippen LogP contribution in [0.15, 0.2) is 30.3 Å². The first kappa shape index (κ1) is 15.5. The van der Waals surface area contributed by atoms with Gasteiger partial charge in [0, 0.05) is 6.04 Å². The molecule has 1 aromatic rings. The zero-order valence-electron chi connectivity index (χ0n) is 13.2. The van der Waals surface area contributed by atoms with Gasteiger partial charge < -0.3 is 10.2 Å². The van der Waals surface area contributed by atoms with Gasteiger partial charge in [0.05, 0.1) is 6.54 Å². The molecule has 0 aliphatic carbocycles. The Labute approximate surface area is 126 Å². The molecule has 0 spiro atoms. The molecule has 2 amide bonds. The second-order valence-corrected chi connectivity index (χ2v) is 6.87. The summed E-state index contributed by atoms with van der Waals surface area (Å²) in [5.74, 6) is -0.0556. The molecule has 1 heterocycles. The monoisotopic (exact) mass is 288 g/mol. The summed E-state index contributed by atoms with van der Waals surface area (Å²) in [7, 11) is 0. The molecule has 1 aromatic carbocycles. The van der Waals surface area contributed by atoms with Crippen molar-refractivity contribution in [1.82, 2.24) is 10.2 Å². The summed E-state index contributed by atoms with van der Waals surface area (Å²) in [6.45, 7) is 8.08. The quantitative estimate of drug-likeness (QED) is 0.924. The van der Waals surface area contributed by atoms with E-state index in [1.54, 1.807) is 4.90 Å². The lowest BCUT2D eigenvalue weighted by molar-refractivity contribution is -0.149. The predicted molar refractivity (Wildman–Crippen MR) is 82.7 cm³/mol. The van der Waals surface area contributed by atoms with E-state index in [9.17, 15) is 9.59 Å². The zero-order chi connectivity index (χ0) is 15.6. The summed E-state index contributed by atoms with van der Waals surface area (Å²) in [6, 6.07) is 9.62. The normalized spacial score (nSPS) is 21.1. The molecule has 2 atom stereocenters. The molecule has 114 valence electrons. The van der Waals surface area contributed by atoms with Gasteiger partial charge in [-0.1, -0.05) is 51.1 Å². The van der Waals surface area contributed by atoms with E-state index < -0.39 is 6.04 Å². The number of hydrogen-bond donors (Lipinski definition) is 1. The summed E-state index contributed by atoms with van der Waals surface area (Å²) in [4.78, 5) is 26.3. The Morgan fingerprint density at radius 2 is 1.86 bits per heavy atom. The van der Waals surface area contributed by atoms with Crippen molar-refractivity contribution in [2.24, 2.45) is 5.41 Å². The summed E-state index contributed by atoms with van der Waals surface area (Å²) >= 11 is 0. The van der Waals surface area contributed by atoms with Crippen molar-refractivity contribution in [3.8, 4) is 0 Å². The molecule has 4 nitrogen and oxygen atoms in total. The number of carbonyl (C=O) groups excluding carboxylic acids is 2. The van der Waals surface area contributed by atoms with Crippen LogP contribution in [0.25, 0.3) is 0 Å². The standard InChI is InChI=1S/C17H24N2O2/c1-12(10-13-8-6-5-7-9-13)19-11-14(20)18-15(16(19)21)17(2,3)4/h5-9,12,15H,10-11H2,1-4H3,(H,18,20). The summed E-state index contributed by atoms with van der Waals surface area (Å²) in [5.41, 5.74) is 0.897. The summed E-state index contributed by atoms with van der Waals surface area (Å²) in [6.07, 6.45) is 0.761. The van der Waals surface area contributed by atoms with Gasteiger partial charge in [0.1, 0.15) is 6.04 Å². The van der Waals surface area contributed by atoms with Gasteiger partial charge in [0.25, 0.3) is 0 Å². The van der Waals surface area contributed by atoms with E-state index in [2.05, 4.69) is 5.32 Å². The Morgan fingerprint density at radius 3 is 2.43 bits per heavy atom. The number of carbonyl (C=O) groups is 2. The van der Waals surface area contributed by atoms with Gasteiger partial charge in [0.15, 0.2) is 0 Å². The first-order valence-electron chi connectivity index (χ1n) is 7.43. The number of rotatable bonds is 3. The van der Waals surface area contributed by atoms with Gasteiger partial charge in [-0.15, -0.1) is 0 Å². The van der Waals surface area contributed by atoms with Crippen LogP contribution >= 0.6 is 0 Å². The molecule has 2 rings (SSSR count). The topological polar surface area (TPSA) is 49.4 Å². The van der Waals surface area contributed by atoms with E-state index >= 15 is 0 Å². The zero-order valence-corrected chi connectivity index (χ0v) is 13.2. The van der Waals surface area contributed by atoms with Gasteiger partial charge in [-0.25, -0.2) is 0 Å². The van der Waals surface area contributed by atoms with Crippen LogP contribution in [-0.4, -0.2) is 35.3 Å². The van der Waals surface area contributed by atoms with Crippen LogP contribution in [0.2, 0.25) is 0 Å². The first-order chi connectivity index (χ1) is 9.79. The smallest absolute Gasteiger partial charge is 0.246 e. The van der Waals surface area contributed by atoms with E-state index in [1.165, 1.54) is 5.56 Å². The molecule has 0 radical (unpaired) electrons. The average Bonchev–Trinajstić information content (AvgIpc) is 2.40. The van der Waals surface area contributed by atoms with E-state index in [0.29, 0.717) is 0 Å². The van der Waals surface area contributed by atoms with Gasteiger partial charge in [-0.3, -0.25) is 9.59 Å². The van der Waals surface area contributed by atoms with Crippen LogP contribution in [0.5, 0.6) is 0 Å². The molecular weight excluding hydrogens is 264 g/mol. The minimum Gasteiger partial charge on any atom is -0.342 e. The van der Waals surface area contributed by atoms with Crippen molar-refractivity contribution < 1.29 is 9.59 Å². The van der Waals surface area contributed by atoms with Gasteiger partial charge in [-0.2, -0.15) is 0 Å². The van der Waals surface area contributed by atoms with Crippen LogP contribution in [0.3, 0.4) is 0 Å². The van der Waals surface area contributed by atoms with E-state index in [-0.39, 0.29) is 29.8 Å². The van der Waals surface area contributed by atoms with Crippen LogP contribution in [-0.2, 0) is 16.0 Å².